The van der Waals surface area contributed by atoms with Gasteiger partial charge in [0.25, 0.3) is 0 Å². The molecule has 2 aromatic rings. The van der Waals surface area contributed by atoms with Gasteiger partial charge >= 0.3 is 5.97 Å². The highest BCUT2D eigenvalue weighted by Crippen LogP contribution is 2.22. The lowest BCUT2D eigenvalue weighted by Crippen LogP contribution is -2.15. The van der Waals surface area contributed by atoms with Crippen LogP contribution in [0.2, 0.25) is 0 Å². The normalized spacial score (nSPS) is 10.1. The van der Waals surface area contributed by atoms with Crippen molar-refractivity contribution < 1.29 is 19.1 Å². The lowest BCUT2D eigenvalue weighted by molar-refractivity contribution is -0.116. The van der Waals surface area contributed by atoms with Crippen molar-refractivity contribution >= 4 is 33.5 Å². The first-order valence-electron chi connectivity index (χ1n) is 7.34. The third kappa shape index (κ3) is 4.83. The van der Waals surface area contributed by atoms with E-state index in [-0.39, 0.29) is 5.91 Å². The fourth-order valence-electron chi connectivity index (χ4n) is 2.17. The second-order valence-electron chi connectivity index (χ2n) is 5.08. The van der Waals surface area contributed by atoms with Crippen LogP contribution < -0.4 is 10.1 Å². The fourth-order valence-corrected chi connectivity index (χ4v) is 2.53. The molecule has 0 fully saturated rings. The number of methoxy groups -OCH3 is 2. The number of amides is 1. The van der Waals surface area contributed by atoms with Crippen molar-refractivity contribution in [1.82, 2.24) is 0 Å². The molecule has 0 aromatic heterocycles. The van der Waals surface area contributed by atoms with E-state index in [9.17, 15) is 9.59 Å². The van der Waals surface area contributed by atoms with Gasteiger partial charge in [-0.25, -0.2) is 4.79 Å². The minimum absolute atomic E-state index is 0.168. The molecular formula is C18H18BrNO4. The summed E-state index contributed by atoms with van der Waals surface area (Å²) < 4.78 is 10.6. The second kappa shape index (κ2) is 8.49. The zero-order valence-electron chi connectivity index (χ0n) is 13.5. The molecule has 0 heterocycles. The Morgan fingerprint density at radius 1 is 1.08 bits per heavy atom. The number of benzene rings is 2. The van der Waals surface area contributed by atoms with E-state index < -0.39 is 5.97 Å². The summed E-state index contributed by atoms with van der Waals surface area (Å²) in [7, 11) is 2.91. The Morgan fingerprint density at radius 3 is 2.42 bits per heavy atom. The van der Waals surface area contributed by atoms with E-state index in [1.807, 2.05) is 24.3 Å². The number of hydrogen-bond donors (Lipinski definition) is 1. The van der Waals surface area contributed by atoms with E-state index in [0.29, 0.717) is 24.1 Å². The molecule has 0 aliphatic heterocycles. The maximum atomic E-state index is 12.2. The van der Waals surface area contributed by atoms with Crippen molar-refractivity contribution in [3.63, 3.8) is 0 Å². The number of anilines is 1. The molecule has 0 saturated heterocycles. The first-order valence-corrected chi connectivity index (χ1v) is 8.13. The number of carbonyl (C=O) groups excluding carboxylic acids is 2. The summed E-state index contributed by atoms with van der Waals surface area (Å²) in [5.41, 5.74) is 1.78. The molecule has 0 bridgehead atoms. The molecule has 0 radical (unpaired) electrons. The van der Waals surface area contributed by atoms with E-state index >= 15 is 0 Å². The Kier molecular flexibility index (Phi) is 6.37. The molecule has 126 valence electrons. The first-order chi connectivity index (χ1) is 11.5. The number of halogens is 1. The van der Waals surface area contributed by atoms with Crippen LogP contribution >= 0.6 is 15.9 Å². The van der Waals surface area contributed by atoms with Crippen molar-refractivity contribution in [3.05, 3.63) is 58.1 Å². The van der Waals surface area contributed by atoms with Crippen LogP contribution in [0.15, 0.2) is 46.9 Å². The average Bonchev–Trinajstić information content (AvgIpc) is 2.61. The summed E-state index contributed by atoms with van der Waals surface area (Å²) in [5.74, 6) is 0.112. The molecule has 24 heavy (non-hydrogen) atoms. The van der Waals surface area contributed by atoms with E-state index in [4.69, 9.17) is 9.47 Å². The maximum absolute atomic E-state index is 12.2. The molecule has 1 amide bonds. The van der Waals surface area contributed by atoms with E-state index in [1.165, 1.54) is 7.11 Å². The standard InChI is InChI=1S/C18H18BrNO4/c1-23-14-7-3-12(4-8-14)5-10-17(21)20-16-9-6-13(19)11-15(16)18(22)24-2/h3-4,6-9,11H,5,10H2,1-2H3,(H,20,21). The average molecular weight is 392 g/mol. The Bertz CT molecular complexity index is 728. The fraction of sp³-hybridized carbons (Fsp3) is 0.222. The number of nitrogens with one attached hydrogen (secondary N) is 1. The van der Waals surface area contributed by atoms with Crippen molar-refractivity contribution in [1.29, 1.82) is 0 Å². The first kappa shape index (κ1) is 18.0. The van der Waals surface area contributed by atoms with Crippen molar-refractivity contribution in [2.45, 2.75) is 12.8 Å². The van der Waals surface area contributed by atoms with Crippen molar-refractivity contribution in [2.24, 2.45) is 0 Å². The highest BCUT2D eigenvalue weighted by molar-refractivity contribution is 9.10. The Hall–Kier alpha value is -2.34. The van der Waals surface area contributed by atoms with Gasteiger partial charge in [-0.05, 0) is 42.3 Å². The molecule has 1 N–H and O–H groups in total. The smallest absolute Gasteiger partial charge is 0.340 e. The SMILES string of the molecule is COC(=O)c1cc(Br)ccc1NC(=O)CCc1ccc(OC)cc1. The number of hydrogen-bond acceptors (Lipinski definition) is 4. The van der Waals surface area contributed by atoms with Gasteiger partial charge in [0.05, 0.1) is 25.5 Å². The number of aryl methyl sites for hydroxylation is 1. The monoisotopic (exact) mass is 391 g/mol. The number of rotatable bonds is 6. The summed E-state index contributed by atoms with van der Waals surface area (Å²) in [6.07, 6.45) is 0.906. The van der Waals surface area contributed by atoms with E-state index in [2.05, 4.69) is 21.2 Å². The van der Waals surface area contributed by atoms with Gasteiger partial charge in [-0.15, -0.1) is 0 Å². The second-order valence-corrected chi connectivity index (χ2v) is 5.99. The Balaban J connectivity index is 2.00. The summed E-state index contributed by atoms with van der Waals surface area (Å²) in [5, 5.41) is 2.76. The molecule has 0 unspecified atom stereocenters. The molecule has 0 atom stereocenters. The molecule has 6 heteroatoms. The van der Waals surface area contributed by atoms with Gasteiger partial charge in [0, 0.05) is 10.9 Å². The summed E-state index contributed by atoms with van der Waals surface area (Å²) in [6.45, 7) is 0. The highest BCUT2D eigenvalue weighted by Gasteiger charge is 2.14. The van der Waals surface area contributed by atoms with Gasteiger partial charge in [-0.1, -0.05) is 28.1 Å². The van der Waals surface area contributed by atoms with Gasteiger partial charge in [-0.3, -0.25) is 4.79 Å². The summed E-state index contributed by atoms with van der Waals surface area (Å²) >= 11 is 3.30. The van der Waals surface area contributed by atoms with Crippen LogP contribution in [0.5, 0.6) is 5.75 Å². The maximum Gasteiger partial charge on any atom is 0.340 e. The molecule has 2 rings (SSSR count). The topological polar surface area (TPSA) is 64.6 Å². The molecule has 0 spiro atoms. The minimum Gasteiger partial charge on any atom is -0.497 e. The van der Waals surface area contributed by atoms with Gasteiger partial charge in [0.15, 0.2) is 0 Å². The van der Waals surface area contributed by atoms with Crippen molar-refractivity contribution in [3.8, 4) is 5.75 Å². The largest absolute Gasteiger partial charge is 0.497 e. The van der Waals surface area contributed by atoms with Crippen LogP contribution in [0.4, 0.5) is 5.69 Å². The third-order valence-electron chi connectivity index (χ3n) is 3.46. The minimum atomic E-state index is -0.498. The molecule has 5 nitrogen and oxygen atoms in total. The molecule has 0 aliphatic carbocycles. The van der Waals surface area contributed by atoms with E-state index in [1.54, 1.807) is 25.3 Å². The zero-order valence-corrected chi connectivity index (χ0v) is 15.1. The molecular weight excluding hydrogens is 374 g/mol. The number of esters is 1. The third-order valence-corrected chi connectivity index (χ3v) is 3.95. The van der Waals surface area contributed by atoms with Gasteiger partial charge in [0.1, 0.15) is 5.75 Å². The Labute approximate surface area is 149 Å². The Morgan fingerprint density at radius 2 is 1.79 bits per heavy atom. The van der Waals surface area contributed by atoms with Gasteiger partial charge in [0.2, 0.25) is 5.91 Å². The van der Waals surface area contributed by atoms with Crippen LogP contribution in [-0.4, -0.2) is 26.1 Å². The lowest BCUT2D eigenvalue weighted by atomic mass is 10.1. The summed E-state index contributed by atoms with van der Waals surface area (Å²) in [6, 6.07) is 12.6. The van der Waals surface area contributed by atoms with Crippen LogP contribution in [0, 0.1) is 0 Å². The lowest BCUT2D eigenvalue weighted by Gasteiger charge is -2.10. The van der Waals surface area contributed by atoms with Crippen LogP contribution in [-0.2, 0) is 16.0 Å². The predicted octanol–water partition coefficient (Wildman–Crippen LogP) is 3.82. The van der Waals surface area contributed by atoms with Gasteiger partial charge in [-0.2, -0.15) is 0 Å². The molecule has 2 aromatic carbocycles. The molecule has 0 aliphatic rings. The molecule has 0 saturated carbocycles. The van der Waals surface area contributed by atoms with Gasteiger partial charge < -0.3 is 14.8 Å². The summed E-state index contributed by atoms with van der Waals surface area (Å²) in [4.78, 5) is 24.0. The van der Waals surface area contributed by atoms with Crippen LogP contribution in [0.3, 0.4) is 0 Å². The zero-order chi connectivity index (χ0) is 17.5. The van der Waals surface area contributed by atoms with Crippen LogP contribution in [0.25, 0.3) is 0 Å². The van der Waals surface area contributed by atoms with Crippen LogP contribution in [0.1, 0.15) is 22.3 Å². The highest BCUT2D eigenvalue weighted by atomic mass is 79.9. The number of carbonyl (C=O) groups is 2. The van der Waals surface area contributed by atoms with Crippen molar-refractivity contribution in [2.75, 3.05) is 19.5 Å². The predicted molar refractivity (Wildman–Crippen MR) is 95.4 cm³/mol. The quantitative estimate of drug-likeness (QED) is 0.760. The number of ether oxygens (including phenoxy) is 2. The van der Waals surface area contributed by atoms with E-state index in [0.717, 1.165) is 15.8 Å².